The van der Waals surface area contributed by atoms with Crippen molar-refractivity contribution in [2.75, 3.05) is 35.0 Å². The molecule has 36 heavy (non-hydrogen) atoms. The maximum absolute atomic E-state index is 13.7. The highest BCUT2D eigenvalue weighted by Gasteiger charge is 2.24. The van der Waals surface area contributed by atoms with E-state index in [1.54, 1.807) is 28.4 Å². The first-order chi connectivity index (χ1) is 17.3. The number of methoxy groups -OCH3 is 4. The van der Waals surface area contributed by atoms with Gasteiger partial charge in [-0.25, -0.2) is 0 Å². The van der Waals surface area contributed by atoms with Crippen molar-refractivity contribution in [3.63, 3.8) is 0 Å². The van der Waals surface area contributed by atoms with E-state index in [0.29, 0.717) is 36.0 Å². The number of rotatable bonds is 11. The van der Waals surface area contributed by atoms with E-state index >= 15 is 0 Å². The van der Waals surface area contributed by atoms with Gasteiger partial charge in [-0.1, -0.05) is 62.2 Å². The van der Waals surface area contributed by atoms with Crippen molar-refractivity contribution >= 4 is 37.8 Å². The van der Waals surface area contributed by atoms with Gasteiger partial charge in [-0.15, -0.1) is 0 Å². The molecule has 0 radical (unpaired) electrons. The molecule has 1 atom stereocenters. The van der Waals surface area contributed by atoms with Crippen LogP contribution in [-0.4, -0.2) is 45.8 Å². The van der Waals surface area contributed by atoms with Gasteiger partial charge in [0.25, 0.3) is 0 Å². The van der Waals surface area contributed by atoms with E-state index < -0.39 is 0 Å². The number of benzene rings is 3. The molecule has 8 heteroatoms. The predicted octanol–water partition coefficient (Wildman–Crippen LogP) is 6.62. The van der Waals surface area contributed by atoms with Gasteiger partial charge in [0.05, 0.1) is 40.9 Å². The third-order valence-corrected chi connectivity index (χ3v) is 7.62. The normalized spacial score (nSPS) is 11.5. The van der Waals surface area contributed by atoms with Gasteiger partial charge in [-0.05, 0) is 54.3 Å². The lowest BCUT2D eigenvalue weighted by Crippen LogP contribution is -2.36. The summed E-state index contributed by atoms with van der Waals surface area (Å²) in [5, 5.41) is 0. The molecule has 0 saturated carbocycles. The monoisotopic (exact) mass is 619 g/mol. The van der Waals surface area contributed by atoms with Crippen LogP contribution in [0.1, 0.15) is 29.7 Å². The minimum absolute atomic E-state index is 0.0101. The molecule has 0 spiro atoms. The Hall–Kier alpha value is -2.71. The maximum atomic E-state index is 13.7. The molecule has 3 rings (SSSR count). The first-order valence-electron chi connectivity index (χ1n) is 11.5. The first kappa shape index (κ1) is 27.9. The number of carbonyl (C=O) groups is 1. The molecule has 1 amide bonds. The number of ether oxygens (including phenoxy) is 4. The van der Waals surface area contributed by atoms with Crippen molar-refractivity contribution < 1.29 is 23.7 Å². The van der Waals surface area contributed by atoms with Crippen LogP contribution < -0.4 is 18.9 Å². The Bertz CT molecular complexity index is 1190. The minimum Gasteiger partial charge on any atom is -0.493 e. The summed E-state index contributed by atoms with van der Waals surface area (Å²) in [6, 6.07) is 17.4. The van der Waals surface area contributed by atoms with Crippen molar-refractivity contribution in [2.24, 2.45) is 0 Å². The lowest BCUT2D eigenvalue weighted by atomic mass is 10.0. The Morgan fingerprint density at radius 2 is 1.25 bits per heavy atom. The molecule has 0 bridgehead atoms. The average Bonchev–Trinajstić information content (AvgIpc) is 2.90. The summed E-state index contributed by atoms with van der Waals surface area (Å²) >= 11 is 7.23. The summed E-state index contributed by atoms with van der Waals surface area (Å²) < 4.78 is 23.4. The molecule has 3 aromatic carbocycles. The fourth-order valence-corrected chi connectivity index (χ4v) is 5.05. The summed E-state index contributed by atoms with van der Waals surface area (Å²) in [7, 11) is 6.40. The van der Waals surface area contributed by atoms with Crippen LogP contribution in [0.4, 0.5) is 0 Å². The molecule has 0 saturated heterocycles. The molecule has 0 aliphatic carbocycles. The Labute approximate surface area is 229 Å². The molecule has 0 heterocycles. The van der Waals surface area contributed by atoms with E-state index in [-0.39, 0.29) is 18.4 Å². The van der Waals surface area contributed by atoms with Crippen LogP contribution in [0, 0.1) is 0 Å². The smallest absolute Gasteiger partial charge is 0.227 e. The van der Waals surface area contributed by atoms with Crippen molar-refractivity contribution in [1.29, 1.82) is 0 Å². The standard InChI is InChI=1S/C28H31Br2NO5/c1-18(19-9-7-6-8-10-19)31(12-11-20-13-24(33-2)26(35-4)16-22(20)29)28(32)15-21-14-25(34-3)27(36-5)17-23(21)30/h6-10,13-14,16-18H,11-12,15H2,1-5H3/t18-/m0/s1. The highest BCUT2D eigenvalue weighted by Crippen LogP contribution is 2.35. The first-order valence-corrected chi connectivity index (χ1v) is 13.1. The highest BCUT2D eigenvalue weighted by atomic mass is 79.9. The van der Waals surface area contributed by atoms with Crippen molar-refractivity contribution in [3.05, 3.63) is 80.2 Å². The SMILES string of the molecule is COc1cc(Br)c(CCN(C(=O)Cc2cc(OC)c(OC)cc2Br)[C@@H](C)c2ccccc2)cc1OC. The van der Waals surface area contributed by atoms with Gasteiger partial charge in [0.15, 0.2) is 23.0 Å². The van der Waals surface area contributed by atoms with Gasteiger partial charge >= 0.3 is 0 Å². The van der Waals surface area contributed by atoms with Crippen LogP contribution in [-0.2, 0) is 17.6 Å². The third-order valence-electron chi connectivity index (χ3n) is 6.14. The molecule has 0 unspecified atom stereocenters. The Kier molecular flexibility index (Phi) is 10.1. The maximum Gasteiger partial charge on any atom is 0.227 e. The van der Waals surface area contributed by atoms with Crippen LogP contribution in [0.2, 0.25) is 0 Å². The summed E-state index contributed by atoms with van der Waals surface area (Å²) in [5.74, 6) is 2.50. The van der Waals surface area contributed by atoms with Gasteiger partial charge in [0, 0.05) is 15.5 Å². The Morgan fingerprint density at radius 3 is 1.78 bits per heavy atom. The fourth-order valence-electron chi connectivity index (χ4n) is 4.07. The third kappa shape index (κ3) is 6.53. The summed E-state index contributed by atoms with van der Waals surface area (Å²) in [4.78, 5) is 15.7. The summed E-state index contributed by atoms with van der Waals surface area (Å²) in [6.07, 6.45) is 0.849. The highest BCUT2D eigenvalue weighted by molar-refractivity contribution is 9.10. The molecule has 0 fully saturated rings. The second-order valence-corrected chi connectivity index (χ2v) is 9.91. The molecular weight excluding hydrogens is 590 g/mol. The minimum atomic E-state index is -0.114. The van der Waals surface area contributed by atoms with Gasteiger partial charge in [0.2, 0.25) is 5.91 Å². The van der Waals surface area contributed by atoms with Crippen LogP contribution in [0.3, 0.4) is 0 Å². The van der Waals surface area contributed by atoms with Gasteiger partial charge in [0.1, 0.15) is 0 Å². The predicted molar refractivity (Wildman–Crippen MR) is 148 cm³/mol. The number of nitrogens with zero attached hydrogens (tertiary/aromatic N) is 1. The molecule has 0 aromatic heterocycles. The number of carbonyl (C=O) groups excluding carboxylic acids is 1. The van der Waals surface area contributed by atoms with Crippen LogP contribution in [0.15, 0.2) is 63.5 Å². The van der Waals surface area contributed by atoms with Gasteiger partial charge < -0.3 is 23.8 Å². The molecular formula is C28H31Br2NO5. The number of amides is 1. The van der Waals surface area contributed by atoms with Gasteiger partial charge in [-0.3, -0.25) is 4.79 Å². The van der Waals surface area contributed by atoms with Crippen LogP contribution >= 0.6 is 31.9 Å². The molecule has 0 aliphatic heterocycles. The second-order valence-electron chi connectivity index (χ2n) is 8.20. The van der Waals surface area contributed by atoms with E-state index in [4.69, 9.17) is 18.9 Å². The zero-order chi connectivity index (χ0) is 26.2. The van der Waals surface area contributed by atoms with E-state index in [1.165, 1.54) is 0 Å². The van der Waals surface area contributed by atoms with Gasteiger partial charge in [-0.2, -0.15) is 0 Å². The summed E-state index contributed by atoms with van der Waals surface area (Å²) in [5.41, 5.74) is 2.93. The van der Waals surface area contributed by atoms with E-state index in [1.807, 2.05) is 59.5 Å². The lowest BCUT2D eigenvalue weighted by Gasteiger charge is -2.30. The van der Waals surface area contributed by atoms with Crippen LogP contribution in [0.5, 0.6) is 23.0 Å². The topological polar surface area (TPSA) is 57.2 Å². The zero-order valence-corrected chi connectivity index (χ0v) is 24.3. The van der Waals surface area contributed by atoms with E-state index in [0.717, 1.165) is 25.6 Å². The largest absolute Gasteiger partial charge is 0.493 e. The molecule has 6 nitrogen and oxygen atoms in total. The lowest BCUT2D eigenvalue weighted by molar-refractivity contribution is -0.132. The molecule has 192 valence electrons. The molecule has 0 N–H and O–H groups in total. The van der Waals surface area contributed by atoms with Crippen molar-refractivity contribution in [1.82, 2.24) is 4.90 Å². The number of hydrogen-bond donors (Lipinski definition) is 0. The average molecular weight is 621 g/mol. The van der Waals surface area contributed by atoms with Crippen molar-refractivity contribution in [3.8, 4) is 23.0 Å². The quantitative estimate of drug-likeness (QED) is 0.241. The zero-order valence-electron chi connectivity index (χ0n) is 21.1. The molecule has 0 aliphatic rings. The Morgan fingerprint density at radius 1 is 0.778 bits per heavy atom. The van der Waals surface area contributed by atoms with E-state index in [9.17, 15) is 4.79 Å². The summed E-state index contributed by atoms with van der Waals surface area (Å²) in [6.45, 7) is 2.58. The molecule has 3 aromatic rings. The fraction of sp³-hybridized carbons (Fsp3) is 0.321. The Balaban J connectivity index is 1.90. The second kappa shape index (κ2) is 13.0. The number of halogens is 2. The van der Waals surface area contributed by atoms with Crippen LogP contribution in [0.25, 0.3) is 0 Å². The van der Waals surface area contributed by atoms with Crippen molar-refractivity contribution in [2.45, 2.75) is 25.8 Å². The number of hydrogen-bond acceptors (Lipinski definition) is 5. The van der Waals surface area contributed by atoms with E-state index in [2.05, 4.69) is 38.8 Å².